The molecule has 0 saturated carbocycles. The lowest BCUT2D eigenvalue weighted by Crippen LogP contribution is -2.59. The number of aliphatic hydroxyl groups is 1. The summed E-state index contributed by atoms with van der Waals surface area (Å²) < 4.78 is 41.5. The largest absolute Gasteiger partial charge is 0.416 e. The van der Waals surface area contributed by atoms with E-state index < -0.39 is 23.6 Å². The molecule has 4 aromatic carbocycles. The van der Waals surface area contributed by atoms with Gasteiger partial charge in [0, 0.05) is 18.0 Å². The highest BCUT2D eigenvalue weighted by atomic mass is 19.4. The monoisotopic (exact) mass is 528 g/mol. The average molecular weight is 529 g/mol. The zero-order chi connectivity index (χ0) is 27.5. The number of halogens is 3. The number of hydrogen-bond donors (Lipinski definition) is 3. The molecule has 39 heavy (non-hydrogen) atoms. The number of pyridine rings is 1. The van der Waals surface area contributed by atoms with Crippen LogP contribution < -0.4 is 16.2 Å². The van der Waals surface area contributed by atoms with Gasteiger partial charge in [-0.15, -0.1) is 0 Å². The van der Waals surface area contributed by atoms with Crippen molar-refractivity contribution in [1.29, 1.82) is 0 Å². The standard InChI is InChI=1S/C31H27F3N4O/c32-31(33,34)25-15-9-14-24(20-25)30(28-18-6-7-19-36-28,21-22-10-2-1-3-11-22)37-29(39)38(35)27-17-8-13-23-12-4-5-16-26(23)27/h1-20,29,37,39H,21,35H2/t29-,30?/m1/s1. The topological polar surface area (TPSA) is 74.4 Å². The molecule has 1 aromatic heterocycles. The van der Waals surface area contributed by atoms with Crippen LogP contribution in [0.15, 0.2) is 121 Å². The Kier molecular flexibility index (Phi) is 7.34. The Morgan fingerprint density at radius 3 is 2.21 bits per heavy atom. The summed E-state index contributed by atoms with van der Waals surface area (Å²) in [7, 11) is 0. The summed E-state index contributed by atoms with van der Waals surface area (Å²) in [4.78, 5) is 4.54. The first-order valence-corrected chi connectivity index (χ1v) is 12.4. The number of rotatable bonds is 8. The Hall–Kier alpha value is -4.24. The molecule has 0 bridgehead atoms. The lowest BCUT2D eigenvalue weighted by atomic mass is 9.80. The lowest BCUT2D eigenvalue weighted by molar-refractivity contribution is -0.137. The molecule has 5 aromatic rings. The van der Waals surface area contributed by atoms with E-state index in [-0.39, 0.29) is 12.0 Å². The highest BCUT2D eigenvalue weighted by Crippen LogP contribution is 2.37. The third kappa shape index (κ3) is 5.49. The van der Waals surface area contributed by atoms with Crippen LogP contribution in [-0.2, 0) is 18.1 Å². The van der Waals surface area contributed by atoms with Crippen LogP contribution in [0.2, 0.25) is 0 Å². The van der Waals surface area contributed by atoms with Gasteiger partial charge in [0.05, 0.1) is 22.5 Å². The van der Waals surface area contributed by atoms with Crippen molar-refractivity contribution in [3.05, 3.63) is 144 Å². The number of anilines is 1. The highest BCUT2D eigenvalue weighted by Gasteiger charge is 2.41. The summed E-state index contributed by atoms with van der Waals surface area (Å²) in [5.41, 5.74) is -0.0984. The van der Waals surface area contributed by atoms with Crippen molar-refractivity contribution >= 4 is 16.5 Å². The fraction of sp³-hybridized carbons (Fsp3) is 0.129. The third-order valence-electron chi connectivity index (χ3n) is 6.78. The minimum Gasteiger partial charge on any atom is -0.360 e. The SMILES string of the molecule is NN(c1cccc2ccccc12)[C@H](O)NC(Cc1ccccc1)(c1cccc(C(F)(F)F)c1)c1ccccn1. The van der Waals surface area contributed by atoms with Crippen LogP contribution in [0.3, 0.4) is 0 Å². The van der Waals surface area contributed by atoms with Gasteiger partial charge in [0.2, 0.25) is 0 Å². The van der Waals surface area contributed by atoms with E-state index in [1.54, 1.807) is 36.5 Å². The molecule has 5 rings (SSSR count). The number of nitrogens with zero attached hydrogens (tertiary/aromatic N) is 2. The van der Waals surface area contributed by atoms with Gasteiger partial charge < -0.3 is 5.11 Å². The van der Waals surface area contributed by atoms with Crippen LogP contribution in [0.4, 0.5) is 18.9 Å². The minimum atomic E-state index is -4.56. The van der Waals surface area contributed by atoms with Crippen molar-refractivity contribution in [2.45, 2.75) is 24.5 Å². The normalized spacial score (nSPS) is 14.1. The predicted octanol–water partition coefficient (Wildman–Crippen LogP) is 5.99. The van der Waals surface area contributed by atoms with E-state index in [2.05, 4.69) is 10.3 Å². The number of hydrogen-bond acceptors (Lipinski definition) is 5. The summed E-state index contributed by atoms with van der Waals surface area (Å²) in [6, 6.07) is 32.7. The highest BCUT2D eigenvalue weighted by molar-refractivity contribution is 5.94. The van der Waals surface area contributed by atoms with Gasteiger partial charge in [0.25, 0.3) is 0 Å². The molecule has 0 amide bonds. The second kappa shape index (κ2) is 10.9. The predicted molar refractivity (Wildman–Crippen MR) is 146 cm³/mol. The second-order valence-electron chi connectivity index (χ2n) is 9.28. The lowest BCUT2D eigenvalue weighted by Gasteiger charge is -2.40. The molecule has 0 saturated heterocycles. The van der Waals surface area contributed by atoms with Crippen molar-refractivity contribution < 1.29 is 18.3 Å². The summed E-state index contributed by atoms with van der Waals surface area (Å²) in [6.07, 6.45) is -4.30. The smallest absolute Gasteiger partial charge is 0.360 e. The zero-order valence-corrected chi connectivity index (χ0v) is 20.9. The van der Waals surface area contributed by atoms with E-state index in [9.17, 15) is 18.3 Å². The molecule has 4 N–H and O–H groups in total. The second-order valence-corrected chi connectivity index (χ2v) is 9.28. The Labute approximate surface area is 224 Å². The van der Waals surface area contributed by atoms with Gasteiger partial charge in [-0.3, -0.25) is 15.3 Å². The van der Waals surface area contributed by atoms with Crippen LogP contribution in [0.25, 0.3) is 10.8 Å². The molecule has 0 radical (unpaired) electrons. The first-order chi connectivity index (χ1) is 18.8. The molecule has 5 nitrogen and oxygen atoms in total. The number of hydrazine groups is 1. The maximum absolute atomic E-state index is 13.8. The molecular formula is C31H27F3N4O. The molecular weight excluding hydrogens is 501 g/mol. The van der Waals surface area contributed by atoms with E-state index in [0.717, 1.165) is 28.5 Å². The average Bonchev–Trinajstić information content (AvgIpc) is 2.96. The van der Waals surface area contributed by atoms with Crippen molar-refractivity contribution in [3.63, 3.8) is 0 Å². The molecule has 0 aliphatic heterocycles. The van der Waals surface area contributed by atoms with E-state index in [0.29, 0.717) is 11.4 Å². The fourth-order valence-electron chi connectivity index (χ4n) is 4.88. The number of fused-ring (bicyclic) bond motifs is 1. The maximum atomic E-state index is 13.8. The van der Waals surface area contributed by atoms with Gasteiger partial charge in [-0.2, -0.15) is 13.2 Å². The first-order valence-electron chi connectivity index (χ1n) is 12.4. The summed E-state index contributed by atoms with van der Waals surface area (Å²) in [6.45, 7) is 0. The van der Waals surface area contributed by atoms with Crippen LogP contribution in [0, 0.1) is 0 Å². The summed E-state index contributed by atoms with van der Waals surface area (Å²) >= 11 is 0. The van der Waals surface area contributed by atoms with Crippen LogP contribution >= 0.6 is 0 Å². The molecule has 0 spiro atoms. The van der Waals surface area contributed by atoms with E-state index in [4.69, 9.17) is 5.84 Å². The molecule has 2 atom stereocenters. The molecule has 1 unspecified atom stereocenters. The molecule has 0 fully saturated rings. The number of aliphatic hydroxyl groups excluding tert-OH is 1. The Morgan fingerprint density at radius 2 is 1.46 bits per heavy atom. The minimum absolute atomic E-state index is 0.187. The number of nitrogens with two attached hydrogens (primary N) is 1. The van der Waals surface area contributed by atoms with Crippen molar-refractivity contribution in [3.8, 4) is 0 Å². The van der Waals surface area contributed by atoms with E-state index >= 15 is 0 Å². The maximum Gasteiger partial charge on any atom is 0.416 e. The van der Waals surface area contributed by atoms with Gasteiger partial charge in [0.15, 0.2) is 6.35 Å². The number of benzene rings is 4. The summed E-state index contributed by atoms with van der Waals surface area (Å²) in [5.74, 6) is 6.48. The molecule has 0 aliphatic carbocycles. The molecule has 1 heterocycles. The van der Waals surface area contributed by atoms with Crippen molar-refractivity contribution in [2.24, 2.45) is 5.84 Å². The van der Waals surface area contributed by atoms with E-state index in [1.165, 1.54) is 11.1 Å². The fourth-order valence-corrected chi connectivity index (χ4v) is 4.88. The Balaban J connectivity index is 1.66. The first kappa shape index (κ1) is 26.4. The molecule has 198 valence electrons. The van der Waals surface area contributed by atoms with Gasteiger partial charge >= 0.3 is 6.18 Å². The van der Waals surface area contributed by atoms with Gasteiger partial charge in [-0.1, -0.05) is 84.9 Å². The summed E-state index contributed by atoms with van der Waals surface area (Å²) in [5, 5.41) is 17.6. The van der Waals surface area contributed by atoms with Gasteiger partial charge in [-0.05, 0) is 46.8 Å². The zero-order valence-electron chi connectivity index (χ0n) is 20.9. The van der Waals surface area contributed by atoms with Crippen molar-refractivity contribution in [1.82, 2.24) is 10.3 Å². The van der Waals surface area contributed by atoms with E-state index in [1.807, 2.05) is 66.7 Å². The van der Waals surface area contributed by atoms with Crippen LogP contribution in [0.1, 0.15) is 22.4 Å². The number of aromatic nitrogens is 1. The van der Waals surface area contributed by atoms with Crippen molar-refractivity contribution in [2.75, 3.05) is 5.01 Å². The number of alkyl halides is 3. The Bertz CT molecular complexity index is 1540. The third-order valence-corrected chi connectivity index (χ3v) is 6.78. The van der Waals surface area contributed by atoms with Gasteiger partial charge in [-0.25, -0.2) is 5.84 Å². The number of nitrogens with one attached hydrogen (secondary N) is 1. The molecule has 0 aliphatic rings. The van der Waals surface area contributed by atoms with Crippen LogP contribution in [0.5, 0.6) is 0 Å². The van der Waals surface area contributed by atoms with Gasteiger partial charge in [0.1, 0.15) is 0 Å². The van der Waals surface area contributed by atoms with Crippen LogP contribution in [-0.4, -0.2) is 16.4 Å². The molecule has 8 heteroatoms. The Morgan fingerprint density at radius 1 is 0.795 bits per heavy atom. The quantitative estimate of drug-likeness (QED) is 0.131.